The van der Waals surface area contributed by atoms with Crippen LogP contribution in [0.2, 0.25) is 0 Å². The van der Waals surface area contributed by atoms with Gasteiger partial charge in [-0.15, -0.1) is 23.7 Å². The molecule has 2 aliphatic rings. The Morgan fingerprint density at radius 2 is 1.77 bits per heavy atom. The van der Waals surface area contributed by atoms with Crippen LogP contribution in [0.15, 0.2) is 39.6 Å². The molecule has 2 aliphatic heterocycles. The molecule has 0 bridgehead atoms. The number of halogens is 1. The van der Waals surface area contributed by atoms with Crippen LogP contribution in [-0.2, 0) is 0 Å². The van der Waals surface area contributed by atoms with E-state index in [9.17, 15) is 0 Å². The molecule has 0 radical (unpaired) electrons. The van der Waals surface area contributed by atoms with Gasteiger partial charge in [0.05, 0.1) is 11.4 Å². The van der Waals surface area contributed by atoms with Crippen molar-refractivity contribution in [1.29, 1.82) is 0 Å². The number of rotatable bonds is 5. The molecule has 4 rings (SSSR count). The van der Waals surface area contributed by atoms with Crippen molar-refractivity contribution in [1.82, 2.24) is 14.8 Å². The summed E-state index contributed by atoms with van der Waals surface area (Å²) in [5, 5.41) is 2.48. The zero-order chi connectivity index (χ0) is 20.2. The molecule has 1 aromatic heterocycles. The maximum absolute atomic E-state index is 6.38. The average molecular weight is 449 g/mol. The quantitative estimate of drug-likeness (QED) is 0.477. The van der Waals surface area contributed by atoms with Crippen LogP contribution in [0.25, 0.3) is 11.3 Å². The highest BCUT2D eigenvalue weighted by molar-refractivity contribution is 7.13. The molecule has 2 saturated heterocycles. The fourth-order valence-corrected chi connectivity index (χ4v) is 4.77. The van der Waals surface area contributed by atoms with Crippen LogP contribution >= 0.6 is 23.7 Å². The van der Waals surface area contributed by atoms with E-state index in [0.29, 0.717) is 17.1 Å². The van der Waals surface area contributed by atoms with Crippen molar-refractivity contribution < 1.29 is 0 Å². The Hall–Kier alpha value is -2.36. The lowest BCUT2D eigenvalue weighted by Crippen LogP contribution is -2.45. The molecule has 1 atom stereocenters. The Kier molecular flexibility index (Phi) is 7.52. The van der Waals surface area contributed by atoms with Crippen LogP contribution < -0.4 is 17.2 Å². The van der Waals surface area contributed by atoms with Gasteiger partial charge in [-0.1, -0.05) is 12.1 Å². The molecule has 2 fully saturated rings. The van der Waals surface area contributed by atoms with Gasteiger partial charge in [-0.3, -0.25) is 0 Å². The molecule has 1 aromatic carbocycles. The van der Waals surface area contributed by atoms with Crippen molar-refractivity contribution in [2.75, 3.05) is 26.2 Å². The third-order valence-corrected chi connectivity index (χ3v) is 6.20. The van der Waals surface area contributed by atoms with E-state index in [-0.39, 0.29) is 18.4 Å². The smallest absolute Gasteiger partial charge is 0.212 e. The summed E-state index contributed by atoms with van der Waals surface area (Å²) in [6.45, 7) is 4.50. The van der Waals surface area contributed by atoms with E-state index in [1.165, 1.54) is 50.1 Å². The first-order chi connectivity index (χ1) is 14.1. The van der Waals surface area contributed by atoms with Crippen molar-refractivity contribution in [3.63, 3.8) is 0 Å². The summed E-state index contributed by atoms with van der Waals surface area (Å²) < 4.78 is 0. The molecular formula is C20H29ClN8S. The Labute approximate surface area is 187 Å². The number of hydrogen-bond donors (Lipinski definition) is 3. The summed E-state index contributed by atoms with van der Waals surface area (Å²) in [7, 11) is 0. The van der Waals surface area contributed by atoms with Crippen molar-refractivity contribution in [2.45, 2.75) is 31.7 Å². The molecule has 0 amide bonds. The fourth-order valence-electron chi connectivity index (χ4n) is 4.05. The maximum Gasteiger partial charge on any atom is 0.212 e. The zero-order valence-electron chi connectivity index (χ0n) is 16.9. The number of aliphatic imine (C=N–C) groups is 2. The number of likely N-dealkylation sites (tertiary alicyclic amines) is 2. The highest BCUT2D eigenvalue weighted by Gasteiger charge is 2.28. The number of guanidine groups is 2. The predicted molar refractivity (Wildman–Crippen MR) is 127 cm³/mol. The van der Waals surface area contributed by atoms with E-state index in [2.05, 4.69) is 24.8 Å². The molecule has 0 unspecified atom stereocenters. The van der Waals surface area contributed by atoms with Crippen molar-refractivity contribution in [2.24, 2.45) is 27.2 Å². The highest BCUT2D eigenvalue weighted by Crippen LogP contribution is 2.28. The first kappa shape index (κ1) is 22.3. The van der Waals surface area contributed by atoms with Crippen LogP contribution in [0.5, 0.6) is 0 Å². The summed E-state index contributed by atoms with van der Waals surface area (Å²) >= 11 is 1.40. The van der Waals surface area contributed by atoms with Gasteiger partial charge >= 0.3 is 0 Å². The zero-order valence-corrected chi connectivity index (χ0v) is 18.5. The first-order valence-corrected chi connectivity index (χ1v) is 11.0. The third-order valence-electron chi connectivity index (χ3n) is 5.46. The second-order valence-electron chi connectivity index (χ2n) is 7.57. The summed E-state index contributed by atoms with van der Waals surface area (Å²) in [6, 6.07) is 8.39. The second-order valence-corrected chi connectivity index (χ2v) is 8.40. The molecule has 10 heteroatoms. The van der Waals surface area contributed by atoms with E-state index in [1.54, 1.807) is 0 Å². The van der Waals surface area contributed by atoms with Gasteiger partial charge in [0.1, 0.15) is 0 Å². The minimum Gasteiger partial charge on any atom is -0.370 e. The standard InChI is InChI=1S/C20H28N8S.ClH/c21-18(22)26-20-25-17(13-29-20)14-5-7-15(8-6-14)24-19(23)28-11-3-4-16(28)12-27-9-1-2-10-27;/h5-8,13,16H,1-4,9-12H2,(H2,23,24)(H4,21,22,25,26);1H/t16-;/m0./s1. The lowest BCUT2D eigenvalue weighted by atomic mass is 10.1. The summed E-state index contributed by atoms with van der Waals surface area (Å²) in [4.78, 5) is 17.9. The van der Waals surface area contributed by atoms with Gasteiger partial charge < -0.3 is 27.0 Å². The monoisotopic (exact) mass is 448 g/mol. The van der Waals surface area contributed by atoms with E-state index < -0.39 is 0 Å². The highest BCUT2D eigenvalue weighted by atomic mass is 35.5. The molecular weight excluding hydrogens is 420 g/mol. The van der Waals surface area contributed by atoms with E-state index in [0.717, 1.165) is 30.0 Å². The molecule has 8 nitrogen and oxygen atoms in total. The number of thiazole rings is 1. The predicted octanol–water partition coefficient (Wildman–Crippen LogP) is 2.64. The Balaban J connectivity index is 0.00000256. The number of nitrogens with zero attached hydrogens (tertiary/aromatic N) is 5. The lowest BCUT2D eigenvalue weighted by Gasteiger charge is -2.29. The van der Waals surface area contributed by atoms with Crippen LogP contribution in [0.4, 0.5) is 10.8 Å². The van der Waals surface area contributed by atoms with E-state index in [1.807, 2.05) is 29.6 Å². The fraction of sp³-hybridized carbons (Fsp3) is 0.450. The van der Waals surface area contributed by atoms with Gasteiger partial charge in [0, 0.05) is 30.1 Å². The summed E-state index contributed by atoms with van der Waals surface area (Å²) in [6.07, 6.45) is 4.99. The van der Waals surface area contributed by atoms with Gasteiger partial charge in [-0.2, -0.15) is 4.99 Å². The van der Waals surface area contributed by atoms with Gasteiger partial charge in [-0.05, 0) is 50.9 Å². The Bertz CT molecular complexity index is 884. The molecule has 0 saturated carbocycles. The first-order valence-electron chi connectivity index (χ1n) is 10.1. The van der Waals surface area contributed by atoms with Gasteiger partial charge in [0.25, 0.3) is 0 Å². The topological polar surface area (TPSA) is 122 Å². The average Bonchev–Trinajstić information content (AvgIpc) is 3.44. The molecule has 0 aliphatic carbocycles. The number of benzene rings is 1. The Morgan fingerprint density at radius 1 is 1.03 bits per heavy atom. The van der Waals surface area contributed by atoms with Crippen LogP contribution in [0, 0.1) is 0 Å². The molecule has 30 heavy (non-hydrogen) atoms. The SMILES string of the molecule is Cl.NC(N)=Nc1nc(-c2ccc(N=C(N)N3CCC[C@H]3CN3CCCC3)cc2)cs1. The minimum atomic E-state index is 0. The van der Waals surface area contributed by atoms with Crippen LogP contribution in [0.3, 0.4) is 0 Å². The molecule has 3 heterocycles. The number of aromatic nitrogens is 1. The molecule has 6 N–H and O–H groups in total. The van der Waals surface area contributed by atoms with E-state index >= 15 is 0 Å². The van der Waals surface area contributed by atoms with Crippen molar-refractivity contribution in [3.05, 3.63) is 29.6 Å². The molecule has 0 spiro atoms. The molecule has 162 valence electrons. The maximum atomic E-state index is 6.38. The van der Waals surface area contributed by atoms with E-state index in [4.69, 9.17) is 17.2 Å². The normalized spacial score (nSPS) is 19.7. The Morgan fingerprint density at radius 3 is 2.47 bits per heavy atom. The minimum absolute atomic E-state index is 0. The number of nitrogens with two attached hydrogens (primary N) is 3. The largest absolute Gasteiger partial charge is 0.370 e. The van der Waals surface area contributed by atoms with Gasteiger partial charge in [-0.25, -0.2) is 9.98 Å². The third kappa shape index (κ3) is 5.41. The van der Waals surface area contributed by atoms with Crippen LogP contribution in [0.1, 0.15) is 25.7 Å². The number of hydrogen-bond acceptors (Lipinski definition) is 5. The second kappa shape index (κ2) is 10.1. The lowest BCUT2D eigenvalue weighted by molar-refractivity contribution is 0.251. The molecule has 2 aromatic rings. The van der Waals surface area contributed by atoms with Crippen molar-refractivity contribution >= 4 is 46.5 Å². The summed E-state index contributed by atoms with van der Waals surface area (Å²) in [5.74, 6) is 0.624. The van der Waals surface area contributed by atoms with Gasteiger partial charge in [0.15, 0.2) is 11.9 Å². The summed E-state index contributed by atoms with van der Waals surface area (Å²) in [5.41, 5.74) is 19.9. The van der Waals surface area contributed by atoms with Crippen LogP contribution in [-0.4, -0.2) is 58.9 Å². The van der Waals surface area contributed by atoms with Gasteiger partial charge in [0.2, 0.25) is 5.13 Å². The van der Waals surface area contributed by atoms with Crippen molar-refractivity contribution in [3.8, 4) is 11.3 Å².